The van der Waals surface area contributed by atoms with E-state index in [1.54, 1.807) is 12.1 Å². The van der Waals surface area contributed by atoms with Gasteiger partial charge >= 0.3 is 0 Å². The number of non-ortho nitro benzene ring substituents is 1. The SMILES string of the molecule is O=[N+]([O-])c1ccc(C#Cc2nc3ccccc3s2)cc1. The molecule has 20 heavy (non-hydrogen) atoms. The van der Waals surface area contributed by atoms with Crippen LogP contribution in [0.3, 0.4) is 0 Å². The molecule has 0 bridgehead atoms. The molecule has 4 nitrogen and oxygen atoms in total. The summed E-state index contributed by atoms with van der Waals surface area (Å²) in [6.45, 7) is 0. The third-order valence-electron chi connectivity index (χ3n) is 2.69. The van der Waals surface area contributed by atoms with Gasteiger partial charge in [0, 0.05) is 17.7 Å². The molecule has 0 atom stereocenters. The Morgan fingerprint density at radius 1 is 1.05 bits per heavy atom. The van der Waals surface area contributed by atoms with Crippen molar-refractivity contribution in [3.63, 3.8) is 0 Å². The van der Waals surface area contributed by atoms with Crippen molar-refractivity contribution in [2.75, 3.05) is 0 Å². The van der Waals surface area contributed by atoms with Crippen LogP contribution in [0.25, 0.3) is 10.2 Å². The molecule has 0 amide bonds. The van der Waals surface area contributed by atoms with Crippen LogP contribution < -0.4 is 0 Å². The molecule has 96 valence electrons. The van der Waals surface area contributed by atoms with Gasteiger partial charge in [0.05, 0.1) is 15.1 Å². The standard InChI is InChI=1S/C15H8N2O2S/c18-17(19)12-8-5-11(6-9-12)7-10-15-16-13-3-1-2-4-14(13)20-15/h1-6,8-9H. The van der Waals surface area contributed by atoms with E-state index in [1.807, 2.05) is 24.3 Å². The molecular weight excluding hydrogens is 272 g/mol. The maximum atomic E-state index is 10.6. The molecule has 0 saturated heterocycles. The van der Waals surface area contributed by atoms with Crippen LogP contribution in [0.5, 0.6) is 0 Å². The predicted octanol–water partition coefficient (Wildman–Crippen LogP) is 3.60. The molecule has 0 unspecified atom stereocenters. The quantitative estimate of drug-likeness (QED) is 0.389. The summed E-state index contributed by atoms with van der Waals surface area (Å²) in [5.74, 6) is 5.95. The fraction of sp³-hybridized carbons (Fsp3) is 0. The van der Waals surface area contributed by atoms with E-state index in [0.29, 0.717) is 0 Å². The first-order valence-electron chi connectivity index (χ1n) is 5.84. The number of nitrogens with zero attached hydrogens (tertiary/aromatic N) is 2. The highest BCUT2D eigenvalue weighted by atomic mass is 32.1. The van der Waals surface area contributed by atoms with Crippen molar-refractivity contribution in [3.05, 3.63) is 69.2 Å². The summed E-state index contributed by atoms with van der Waals surface area (Å²) < 4.78 is 1.10. The highest BCUT2D eigenvalue weighted by Gasteiger charge is 2.03. The van der Waals surface area contributed by atoms with Gasteiger partial charge < -0.3 is 0 Å². The van der Waals surface area contributed by atoms with E-state index in [4.69, 9.17) is 0 Å². The fourth-order valence-electron chi connectivity index (χ4n) is 1.72. The predicted molar refractivity (Wildman–Crippen MR) is 78.7 cm³/mol. The molecular formula is C15H8N2O2S. The van der Waals surface area contributed by atoms with Gasteiger partial charge in [-0.15, -0.1) is 11.3 Å². The zero-order valence-corrected chi connectivity index (χ0v) is 11.1. The second-order valence-corrected chi connectivity index (χ2v) is 5.07. The van der Waals surface area contributed by atoms with Crippen LogP contribution >= 0.6 is 11.3 Å². The Hall–Kier alpha value is -2.71. The Bertz CT molecular complexity index is 808. The molecule has 0 aliphatic rings. The second kappa shape index (κ2) is 5.11. The molecule has 1 aromatic heterocycles. The largest absolute Gasteiger partial charge is 0.269 e. The molecule has 3 rings (SSSR count). The maximum Gasteiger partial charge on any atom is 0.269 e. The molecule has 0 aliphatic carbocycles. The summed E-state index contributed by atoms with van der Waals surface area (Å²) in [6.07, 6.45) is 0. The van der Waals surface area contributed by atoms with Gasteiger partial charge in [-0.05, 0) is 30.2 Å². The normalized spacial score (nSPS) is 10.0. The smallest absolute Gasteiger partial charge is 0.258 e. The van der Waals surface area contributed by atoms with Crippen LogP contribution in [0, 0.1) is 22.0 Å². The second-order valence-electron chi connectivity index (χ2n) is 4.04. The summed E-state index contributed by atoms with van der Waals surface area (Å²) in [5, 5.41) is 11.3. The third kappa shape index (κ3) is 2.51. The van der Waals surface area contributed by atoms with Gasteiger partial charge in [0.1, 0.15) is 0 Å². The lowest BCUT2D eigenvalue weighted by molar-refractivity contribution is -0.384. The van der Waals surface area contributed by atoms with Gasteiger partial charge in [-0.25, -0.2) is 4.98 Å². The lowest BCUT2D eigenvalue weighted by atomic mass is 10.2. The van der Waals surface area contributed by atoms with Crippen molar-refractivity contribution >= 4 is 27.2 Å². The molecule has 0 aliphatic heterocycles. The van der Waals surface area contributed by atoms with Gasteiger partial charge in [-0.2, -0.15) is 0 Å². The monoisotopic (exact) mass is 280 g/mol. The van der Waals surface area contributed by atoms with Crippen molar-refractivity contribution in [2.45, 2.75) is 0 Å². The topological polar surface area (TPSA) is 56.0 Å². The Labute approximate surface area is 118 Å². The molecule has 0 fully saturated rings. The van der Waals surface area contributed by atoms with E-state index in [9.17, 15) is 10.1 Å². The van der Waals surface area contributed by atoms with E-state index in [2.05, 4.69) is 16.8 Å². The lowest BCUT2D eigenvalue weighted by Gasteiger charge is -1.90. The van der Waals surface area contributed by atoms with E-state index in [-0.39, 0.29) is 5.69 Å². The van der Waals surface area contributed by atoms with Gasteiger partial charge in [-0.1, -0.05) is 18.1 Å². The van der Waals surface area contributed by atoms with E-state index in [0.717, 1.165) is 20.8 Å². The van der Waals surface area contributed by atoms with Gasteiger partial charge in [0.15, 0.2) is 5.01 Å². The molecule has 5 heteroatoms. The minimum Gasteiger partial charge on any atom is -0.258 e. The van der Waals surface area contributed by atoms with Crippen molar-refractivity contribution in [2.24, 2.45) is 0 Å². The van der Waals surface area contributed by atoms with Crippen LogP contribution in [-0.4, -0.2) is 9.91 Å². The number of fused-ring (bicyclic) bond motifs is 1. The van der Waals surface area contributed by atoms with Gasteiger partial charge in [-0.3, -0.25) is 10.1 Å². The number of para-hydroxylation sites is 1. The summed E-state index contributed by atoms with van der Waals surface area (Å²) in [6, 6.07) is 14.0. The number of nitro benzene ring substituents is 1. The van der Waals surface area contributed by atoms with Crippen LogP contribution in [-0.2, 0) is 0 Å². The molecule has 0 radical (unpaired) electrons. The zero-order valence-electron chi connectivity index (χ0n) is 10.2. The van der Waals surface area contributed by atoms with Crippen LogP contribution in [0.15, 0.2) is 48.5 Å². The van der Waals surface area contributed by atoms with Crippen LogP contribution in [0.4, 0.5) is 5.69 Å². The minimum atomic E-state index is -0.426. The Kier molecular flexibility index (Phi) is 3.15. The minimum absolute atomic E-state index is 0.0653. The van der Waals surface area contributed by atoms with E-state index >= 15 is 0 Å². The third-order valence-corrected chi connectivity index (χ3v) is 3.64. The molecule has 1 heterocycles. The summed E-state index contributed by atoms with van der Waals surface area (Å²) >= 11 is 1.53. The number of thiazole rings is 1. The van der Waals surface area contributed by atoms with E-state index in [1.165, 1.54) is 23.5 Å². The summed E-state index contributed by atoms with van der Waals surface area (Å²) in [4.78, 5) is 14.5. The zero-order chi connectivity index (χ0) is 13.9. The highest BCUT2D eigenvalue weighted by Crippen LogP contribution is 2.20. The first-order chi connectivity index (χ1) is 9.72. The first kappa shape index (κ1) is 12.3. The Morgan fingerprint density at radius 2 is 1.80 bits per heavy atom. The Morgan fingerprint density at radius 3 is 2.50 bits per heavy atom. The number of hydrogen-bond acceptors (Lipinski definition) is 4. The number of nitro groups is 1. The van der Waals surface area contributed by atoms with Crippen LogP contribution in [0.2, 0.25) is 0 Å². The number of rotatable bonds is 1. The fourth-order valence-corrected chi connectivity index (χ4v) is 2.54. The number of benzene rings is 2. The summed E-state index contributed by atoms with van der Waals surface area (Å²) in [7, 11) is 0. The van der Waals surface area contributed by atoms with E-state index < -0.39 is 4.92 Å². The molecule has 2 aromatic carbocycles. The molecule has 0 spiro atoms. The number of hydrogen-bond donors (Lipinski definition) is 0. The lowest BCUT2D eigenvalue weighted by Crippen LogP contribution is -1.86. The maximum absolute atomic E-state index is 10.6. The first-order valence-corrected chi connectivity index (χ1v) is 6.66. The summed E-state index contributed by atoms with van der Waals surface area (Å²) in [5.41, 5.74) is 1.73. The number of aromatic nitrogens is 1. The highest BCUT2D eigenvalue weighted by molar-refractivity contribution is 7.19. The molecule has 3 aromatic rings. The average molecular weight is 280 g/mol. The van der Waals surface area contributed by atoms with Crippen molar-refractivity contribution in [1.29, 1.82) is 0 Å². The van der Waals surface area contributed by atoms with Crippen molar-refractivity contribution in [3.8, 4) is 11.8 Å². The molecule has 0 N–H and O–H groups in total. The van der Waals surface area contributed by atoms with Gasteiger partial charge in [0.25, 0.3) is 5.69 Å². The van der Waals surface area contributed by atoms with Gasteiger partial charge in [0.2, 0.25) is 0 Å². The molecule has 0 saturated carbocycles. The average Bonchev–Trinajstić information content (AvgIpc) is 2.88. The van der Waals surface area contributed by atoms with Crippen LogP contribution in [0.1, 0.15) is 10.6 Å². The van der Waals surface area contributed by atoms with Crippen molar-refractivity contribution < 1.29 is 4.92 Å². The Balaban J connectivity index is 1.89. The van der Waals surface area contributed by atoms with Crippen molar-refractivity contribution in [1.82, 2.24) is 4.98 Å².